The third kappa shape index (κ3) is 2.86. The van der Waals surface area contributed by atoms with Crippen LogP contribution in [-0.2, 0) is 4.79 Å². The lowest BCUT2D eigenvalue weighted by atomic mass is 10.2. The third-order valence-corrected chi connectivity index (χ3v) is 1.92. The maximum atomic E-state index is 10.4. The molecule has 1 rings (SSSR count). The number of allylic oxidation sites excluding steroid dienone is 1. The zero-order valence-electron chi connectivity index (χ0n) is 7.26. The molecule has 1 aliphatic carbocycles. The summed E-state index contributed by atoms with van der Waals surface area (Å²) in [6.07, 6.45) is 4.93. The number of hydrogen-bond donors (Lipinski definition) is 2. The van der Waals surface area contributed by atoms with E-state index in [0.29, 0.717) is 17.6 Å². The van der Waals surface area contributed by atoms with Gasteiger partial charge in [0.1, 0.15) is 0 Å². The molecule has 0 aromatic heterocycles. The summed E-state index contributed by atoms with van der Waals surface area (Å²) in [4.78, 5) is 10.4. The normalized spacial score (nSPS) is 17.2. The summed E-state index contributed by atoms with van der Waals surface area (Å²) in [7, 11) is 0. The largest absolute Gasteiger partial charge is 0.390 e. The fourth-order valence-corrected chi connectivity index (χ4v) is 0.888. The number of hydrogen-bond acceptors (Lipinski definition) is 3. The molecule has 0 heterocycles. The first kappa shape index (κ1) is 8.97. The van der Waals surface area contributed by atoms with Crippen molar-refractivity contribution in [2.75, 3.05) is 6.54 Å². The molecular weight excluding hydrogens is 152 g/mol. The van der Waals surface area contributed by atoms with Crippen LogP contribution in [0, 0.1) is 11.3 Å². The van der Waals surface area contributed by atoms with Gasteiger partial charge in [-0.1, -0.05) is 0 Å². The molecule has 0 spiro atoms. The minimum Gasteiger partial charge on any atom is -0.390 e. The Hall–Kier alpha value is -1.12. The standard InChI is InChI=1S/C9H14N2O/c1-7(10)9(6-12)5-11-4-8-2-3-8/h5-6,8,10-11H,2-4H2,1H3/b9-5-,10-7?. The van der Waals surface area contributed by atoms with Crippen LogP contribution in [0.1, 0.15) is 19.8 Å². The molecule has 1 fully saturated rings. The highest BCUT2D eigenvalue weighted by Crippen LogP contribution is 2.27. The first-order chi connectivity index (χ1) is 5.74. The Balaban J connectivity index is 2.29. The monoisotopic (exact) mass is 166 g/mol. The Morgan fingerprint density at radius 2 is 2.33 bits per heavy atom. The second-order valence-corrected chi connectivity index (χ2v) is 3.19. The predicted molar refractivity (Wildman–Crippen MR) is 48.3 cm³/mol. The van der Waals surface area contributed by atoms with Crippen molar-refractivity contribution < 1.29 is 4.79 Å². The fourth-order valence-electron chi connectivity index (χ4n) is 0.888. The summed E-state index contributed by atoms with van der Waals surface area (Å²) >= 11 is 0. The van der Waals surface area contributed by atoms with E-state index < -0.39 is 0 Å². The summed E-state index contributed by atoms with van der Waals surface area (Å²) in [6, 6.07) is 0. The Labute approximate surface area is 72.4 Å². The minimum atomic E-state index is 0.313. The van der Waals surface area contributed by atoms with Crippen LogP contribution in [0.5, 0.6) is 0 Å². The maximum Gasteiger partial charge on any atom is 0.153 e. The van der Waals surface area contributed by atoms with Gasteiger partial charge in [0.2, 0.25) is 0 Å². The summed E-state index contributed by atoms with van der Waals surface area (Å²) in [6.45, 7) is 2.55. The lowest BCUT2D eigenvalue weighted by Crippen LogP contribution is -2.12. The van der Waals surface area contributed by atoms with Crippen molar-refractivity contribution >= 4 is 12.0 Å². The number of carbonyl (C=O) groups is 1. The highest BCUT2D eigenvalue weighted by atomic mass is 16.1. The Morgan fingerprint density at radius 3 is 2.75 bits per heavy atom. The van der Waals surface area contributed by atoms with Crippen molar-refractivity contribution in [3.05, 3.63) is 11.8 Å². The van der Waals surface area contributed by atoms with E-state index in [9.17, 15) is 4.79 Å². The molecule has 0 radical (unpaired) electrons. The van der Waals surface area contributed by atoms with E-state index in [1.165, 1.54) is 12.8 Å². The molecule has 0 aromatic carbocycles. The van der Waals surface area contributed by atoms with Crippen LogP contribution >= 0.6 is 0 Å². The molecular formula is C9H14N2O. The van der Waals surface area contributed by atoms with Crippen LogP contribution in [-0.4, -0.2) is 18.5 Å². The van der Waals surface area contributed by atoms with Gasteiger partial charge in [-0.05, 0) is 25.7 Å². The van der Waals surface area contributed by atoms with Gasteiger partial charge < -0.3 is 10.7 Å². The van der Waals surface area contributed by atoms with Crippen molar-refractivity contribution in [3.8, 4) is 0 Å². The lowest BCUT2D eigenvalue weighted by molar-refractivity contribution is -0.104. The Bertz CT molecular complexity index is 217. The molecule has 2 N–H and O–H groups in total. The smallest absolute Gasteiger partial charge is 0.153 e. The van der Waals surface area contributed by atoms with E-state index in [1.807, 2.05) is 0 Å². The van der Waals surface area contributed by atoms with E-state index in [2.05, 4.69) is 5.32 Å². The highest BCUT2D eigenvalue weighted by molar-refractivity contribution is 6.11. The van der Waals surface area contributed by atoms with Gasteiger partial charge in [0, 0.05) is 18.5 Å². The molecule has 1 saturated carbocycles. The zero-order chi connectivity index (χ0) is 8.97. The molecule has 0 saturated heterocycles. The quantitative estimate of drug-likeness (QED) is 0.365. The average Bonchev–Trinajstić information content (AvgIpc) is 2.80. The number of nitrogens with one attached hydrogen (secondary N) is 2. The van der Waals surface area contributed by atoms with Gasteiger partial charge in [0.05, 0.1) is 5.57 Å². The summed E-state index contributed by atoms with van der Waals surface area (Å²) in [5.41, 5.74) is 0.754. The first-order valence-corrected chi connectivity index (χ1v) is 4.18. The van der Waals surface area contributed by atoms with Gasteiger partial charge in [-0.2, -0.15) is 0 Å². The van der Waals surface area contributed by atoms with Crippen molar-refractivity contribution in [2.24, 2.45) is 5.92 Å². The second-order valence-electron chi connectivity index (χ2n) is 3.19. The van der Waals surface area contributed by atoms with E-state index in [-0.39, 0.29) is 0 Å². The van der Waals surface area contributed by atoms with Gasteiger partial charge in [-0.25, -0.2) is 0 Å². The lowest BCUT2D eigenvalue weighted by Gasteiger charge is -1.99. The minimum absolute atomic E-state index is 0.313. The molecule has 12 heavy (non-hydrogen) atoms. The van der Waals surface area contributed by atoms with Crippen LogP contribution in [0.4, 0.5) is 0 Å². The zero-order valence-corrected chi connectivity index (χ0v) is 7.26. The van der Waals surface area contributed by atoms with E-state index in [0.717, 1.165) is 12.5 Å². The molecule has 66 valence electrons. The Kier molecular flexibility index (Phi) is 3.02. The van der Waals surface area contributed by atoms with Crippen molar-refractivity contribution in [1.82, 2.24) is 5.32 Å². The van der Waals surface area contributed by atoms with E-state index >= 15 is 0 Å². The van der Waals surface area contributed by atoms with Gasteiger partial charge in [0.15, 0.2) is 6.29 Å². The number of carbonyl (C=O) groups excluding carboxylic acids is 1. The molecule has 3 nitrogen and oxygen atoms in total. The molecule has 3 heteroatoms. The molecule has 0 aromatic rings. The summed E-state index contributed by atoms with van der Waals surface area (Å²) in [5, 5.41) is 10.3. The second kappa shape index (κ2) is 4.04. The highest BCUT2D eigenvalue weighted by Gasteiger charge is 2.19. The van der Waals surface area contributed by atoms with Crippen molar-refractivity contribution in [2.45, 2.75) is 19.8 Å². The molecule has 0 atom stereocenters. The van der Waals surface area contributed by atoms with Crippen LogP contribution in [0.25, 0.3) is 0 Å². The average molecular weight is 166 g/mol. The maximum absolute atomic E-state index is 10.4. The summed E-state index contributed by atoms with van der Waals surface area (Å²) in [5.74, 6) is 0.792. The molecule has 0 amide bonds. The number of rotatable bonds is 5. The summed E-state index contributed by atoms with van der Waals surface area (Å²) < 4.78 is 0. The van der Waals surface area contributed by atoms with Gasteiger partial charge >= 0.3 is 0 Å². The van der Waals surface area contributed by atoms with Crippen LogP contribution in [0.2, 0.25) is 0 Å². The molecule has 0 bridgehead atoms. The van der Waals surface area contributed by atoms with Crippen LogP contribution in [0.15, 0.2) is 11.8 Å². The van der Waals surface area contributed by atoms with Gasteiger partial charge in [-0.3, -0.25) is 4.79 Å². The Morgan fingerprint density at radius 1 is 1.67 bits per heavy atom. The predicted octanol–water partition coefficient (Wildman–Crippen LogP) is 1.11. The van der Waals surface area contributed by atoms with E-state index in [1.54, 1.807) is 13.1 Å². The first-order valence-electron chi connectivity index (χ1n) is 4.18. The van der Waals surface area contributed by atoms with Crippen molar-refractivity contribution in [3.63, 3.8) is 0 Å². The topological polar surface area (TPSA) is 53.0 Å². The third-order valence-electron chi connectivity index (χ3n) is 1.92. The van der Waals surface area contributed by atoms with Gasteiger partial charge in [-0.15, -0.1) is 0 Å². The fraction of sp³-hybridized carbons (Fsp3) is 0.556. The number of aldehydes is 1. The molecule has 0 aliphatic heterocycles. The van der Waals surface area contributed by atoms with Gasteiger partial charge in [0.25, 0.3) is 0 Å². The van der Waals surface area contributed by atoms with Crippen LogP contribution in [0.3, 0.4) is 0 Å². The molecule has 1 aliphatic rings. The van der Waals surface area contributed by atoms with Crippen LogP contribution < -0.4 is 5.32 Å². The SMILES string of the molecule is CC(=N)/C(C=O)=C\NCC1CC1. The molecule has 0 unspecified atom stereocenters. The van der Waals surface area contributed by atoms with Crippen molar-refractivity contribution in [1.29, 1.82) is 5.41 Å². The van der Waals surface area contributed by atoms with E-state index in [4.69, 9.17) is 5.41 Å².